The van der Waals surface area contributed by atoms with Crippen LogP contribution in [-0.4, -0.2) is 63.1 Å². The highest BCUT2D eigenvalue weighted by Gasteiger charge is 2.48. The lowest BCUT2D eigenvalue weighted by atomic mass is 9.82. The molecule has 148 valence electrons. The minimum atomic E-state index is -0.526. The van der Waals surface area contributed by atoms with Crippen molar-refractivity contribution in [3.63, 3.8) is 0 Å². The standard InChI is InChI=1S/C18H22FN3O4S.H2/c1-20-16(23)25-5-4-13-7-22(17(24)26-13)12-2-3-15(14(19)6-12)21-8-18(9-21)10-27-11-18;/h2-3,6,13H,4-5,7-11H2,1H3,(H,20,23);1H/t13-;/m0./s1. The van der Waals surface area contributed by atoms with Crippen LogP contribution in [0, 0.1) is 11.2 Å². The Labute approximate surface area is 162 Å². The van der Waals surface area contributed by atoms with E-state index in [1.165, 1.54) is 18.0 Å². The topological polar surface area (TPSA) is 71.1 Å². The smallest absolute Gasteiger partial charge is 0.414 e. The first-order chi connectivity index (χ1) is 13.0. The molecule has 0 radical (unpaired) electrons. The number of benzene rings is 1. The summed E-state index contributed by atoms with van der Waals surface area (Å²) in [5, 5.41) is 2.35. The zero-order chi connectivity index (χ0) is 19.0. The average Bonchev–Trinajstić information content (AvgIpc) is 2.94. The Balaban J connectivity index is 0.00000225. The summed E-state index contributed by atoms with van der Waals surface area (Å²) in [6.07, 6.45) is -1.04. The number of thioether (sulfide) groups is 1. The van der Waals surface area contributed by atoms with Crippen molar-refractivity contribution in [2.75, 3.05) is 54.6 Å². The molecule has 0 aromatic heterocycles. The minimum absolute atomic E-state index is 0. The number of ether oxygens (including phenoxy) is 2. The normalized spacial score (nSPS) is 22.9. The Kier molecular flexibility index (Phi) is 4.79. The van der Waals surface area contributed by atoms with Gasteiger partial charge in [-0.15, -0.1) is 0 Å². The first-order valence-electron chi connectivity index (χ1n) is 8.95. The van der Waals surface area contributed by atoms with E-state index in [2.05, 4.69) is 10.2 Å². The van der Waals surface area contributed by atoms with Gasteiger partial charge in [-0.1, -0.05) is 0 Å². The van der Waals surface area contributed by atoms with Crippen LogP contribution in [-0.2, 0) is 9.47 Å². The second-order valence-corrected chi connectivity index (χ2v) is 8.26. The number of anilines is 2. The number of nitrogens with one attached hydrogen (secondary N) is 1. The molecule has 0 aliphatic carbocycles. The van der Waals surface area contributed by atoms with Crippen LogP contribution in [0.4, 0.5) is 25.4 Å². The first-order valence-corrected chi connectivity index (χ1v) is 10.1. The molecule has 2 amide bonds. The molecule has 1 aromatic rings. The largest absolute Gasteiger partial charge is 0.449 e. The quantitative estimate of drug-likeness (QED) is 0.824. The molecule has 7 nitrogen and oxygen atoms in total. The number of carbonyl (C=O) groups is 2. The highest BCUT2D eigenvalue weighted by atomic mass is 32.2. The lowest BCUT2D eigenvalue weighted by Crippen LogP contribution is -2.63. The molecule has 27 heavy (non-hydrogen) atoms. The Morgan fingerprint density at radius 3 is 2.89 bits per heavy atom. The van der Waals surface area contributed by atoms with Gasteiger partial charge >= 0.3 is 12.2 Å². The van der Waals surface area contributed by atoms with Gasteiger partial charge < -0.3 is 19.7 Å². The summed E-state index contributed by atoms with van der Waals surface area (Å²) in [6.45, 7) is 2.25. The maximum atomic E-state index is 14.6. The van der Waals surface area contributed by atoms with Crippen molar-refractivity contribution < 1.29 is 24.9 Å². The van der Waals surface area contributed by atoms with Gasteiger partial charge in [-0.05, 0) is 18.2 Å². The van der Waals surface area contributed by atoms with Crippen molar-refractivity contribution in [3.8, 4) is 0 Å². The third-order valence-corrected chi connectivity index (χ3v) is 6.84. The van der Waals surface area contributed by atoms with Gasteiger partial charge in [-0.2, -0.15) is 11.8 Å². The molecule has 9 heteroatoms. The van der Waals surface area contributed by atoms with E-state index in [4.69, 9.17) is 9.47 Å². The monoisotopic (exact) mass is 397 g/mol. The summed E-state index contributed by atoms with van der Waals surface area (Å²) in [7, 11) is 1.48. The molecule has 0 bridgehead atoms. The van der Waals surface area contributed by atoms with Crippen LogP contribution in [0.25, 0.3) is 0 Å². The van der Waals surface area contributed by atoms with E-state index in [0.29, 0.717) is 29.8 Å². The van der Waals surface area contributed by atoms with Crippen molar-refractivity contribution in [2.45, 2.75) is 12.5 Å². The number of hydrogen-bond acceptors (Lipinski definition) is 6. The van der Waals surface area contributed by atoms with Gasteiger partial charge in [-0.3, -0.25) is 4.90 Å². The van der Waals surface area contributed by atoms with Crippen LogP contribution in [0.3, 0.4) is 0 Å². The van der Waals surface area contributed by atoms with Gasteiger partial charge in [0.2, 0.25) is 0 Å². The number of amides is 2. The highest BCUT2D eigenvalue weighted by molar-refractivity contribution is 8.00. The molecule has 3 saturated heterocycles. The Morgan fingerprint density at radius 1 is 1.48 bits per heavy atom. The number of halogens is 1. The second kappa shape index (κ2) is 7.10. The third kappa shape index (κ3) is 3.52. The van der Waals surface area contributed by atoms with Crippen molar-refractivity contribution in [1.29, 1.82) is 0 Å². The molecule has 4 rings (SSSR count). The van der Waals surface area contributed by atoms with Gasteiger partial charge in [0, 0.05) is 44.9 Å². The molecule has 3 heterocycles. The molecular formula is C18H24FN3O4S. The van der Waals surface area contributed by atoms with E-state index in [1.807, 2.05) is 11.8 Å². The molecule has 1 spiro atoms. The molecule has 0 unspecified atom stereocenters. The van der Waals surface area contributed by atoms with Crippen LogP contribution in [0.15, 0.2) is 18.2 Å². The highest BCUT2D eigenvalue weighted by Crippen LogP contribution is 2.47. The van der Waals surface area contributed by atoms with Crippen LogP contribution >= 0.6 is 11.8 Å². The van der Waals surface area contributed by atoms with Crippen LogP contribution in [0.1, 0.15) is 7.85 Å². The van der Waals surface area contributed by atoms with E-state index < -0.39 is 18.3 Å². The zero-order valence-corrected chi connectivity index (χ0v) is 15.9. The fourth-order valence-electron chi connectivity index (χ4n) is 3.67. The zero-order valence-electron chi connectivity index (χ0n) is 15.1. The van der Waals surface area contributed by atoms with Gasteiger partial charge in [0.05, 0.1) is 24.5 Å². The molecule has 0 saturated carbocycles. The molecule has 1 atom stereocenters. The summed E-state index contributed by atoms with van der Waals surface area (Å²) in [4.78, 5) is 26.6. The van der Waals surface area contributed by atoms with E-state index in [-0.39, 0.29) is 13.9 Å². The van der Waals surface area contributed by atoms with Gasteiger partial charge in [-0.25, -0.2) is 14.0 Å². The lowest BCUT2D eigenvalue weighted by Gasteiger charge is -2.56. The fourth-order valence-corrected chi connectivity index (χ4v) is 4.81. The van der Waals surface area contributed by atoms with E-state index in [9.17, 15) is 14.0 Å². The summed E-state index contributed by atoms with van der Waals surface area (Å²) in [5.41, 5.74) is 1.45. The summed E-state index contributed by atoms with van der Waals surface area (Å²) in [6, 6.07) is 4.88. The molecular weight excluding hydrogens is 373 g/mol. The maximum Gasteiger partial charge on any atom is 0.414 e. The Hall–Kier alpha value is -2.16. The van der Waals surface area contributed by atoms with Crippen molar-refractivity contribution in [2.24, 2.45) is 5.41 Å². The van der Waals surface area contributed by atoms with E-state index in [1.54, 1.807) is 12.1 Å². The van der Waals surface area contributed by atoms with Crippen LogP contribution in [0.5, 0.6) is 0 Å². The van der Waals surface area contributed by atoms with E-state index in [0.717, 1.165) is 24.6 Å². The second-order valence-electron chi connectivity index (χ2n) is 7.28. The number of hydrogen-bond donors (Lipinski definition) is 1. The van der Waals surface area contributed by atoms with Gasteiger partial charge in [0.1, 0.15) is 11.9 Å². The number of nitrogens with zero attached hydrogens (tertiary/aromatic N) is 2. The van der Waals surface area contributed by atoms with Gasteiger partial charge in [0.25, 0.3) is 0 Å². The number of carbonyl (C=O) groups excluding carboxylic acids is 2. The Bertz CT molecular complexity index is 756. The molecule has 1 aromatic carbocycles. The molecule has 3 aliphatic rings. The van der Waals surface area contributed by atoms with Crippen molar-refractivity contribution in [1.82, 2.24) is 5.32 Å². The summed E-state index contributed by atoms with van der Waals surface area (Å²) in [5.74, 6) is 2.00. The first kappa shape index (κ1) is 18.2. The maximum absolute atomic E-state index is 14.6. The van der Waals surface area contributed by atoms with Crippen molar-refractivity contribution >= 4 is 35.3 Å². The third-order valence-electron chi connectivity index (χ3n) is 5.20. The number of rotatable bonds is 5. The molecule has 3 fully saturated rings. The van der Waals surface area contributed by atoms with E-state index >= 15 is 0 Å². The molecule has 3 aliphatic heterocycles. The predicted molar refractivity (Wildman–Crippen MR) is 103 cm³/mol. The van der Waals surface area contributed by atoms with Crippen LogP contribution in [0.2, 0.25) is 0 Å². The SMILES string of the molecule is CNC(=O)OCC[C@H]1CN(c2ccc(N3CC4(CSC4)C3)c(F)c2)C(=O)O1.[HH]. The van der Waals surface area contributed by atoms with Crippen LogP contribution < -0.4 is 15.1 Å². The van der Waals surface area contributed by atoms with Gasteiger partial charge in [0.15, 0.2) is 0 Å². The van der Waals surface area contributed by atoms with Crippen molar-refractivity contribution in [3.05, 3.63) is 24.0 Å². The summed E-state index contributed by atoms with van der Waals surface area (Å²) < 4.78 is 24.8. The number of cyclic esters (lactones) is 1. The minimum Gasteiger partial charge on any atom is -0.449 e. The molecule has 1 N–H and O–H groups in total. The fraction of sp³-hybridized carbons (Fsp3) is 0.556. The summed E-state index contributed by atoms with van der Waals surface area (Å²) >= 11 is 1.94. The predicted octanol–water partition coefficient (Wildman–Crippen LogP) is 2.70. The average molecular weight is 397 g/mol. The lowest BCUT2D eigenvalue weighted by molar-refractivity contribution is 0.105. The number of alkyl carbamates (subject to hydrolysis) is 1. The Morgan fingerprint density at radius 2 is 2.26 bits per heavy atom.